The summed E-state index contributed by atoms with van der Waals surface area (Å²) in [7, 11) is 0. The van der Waals surface area contributed by atoms with Gasteiger partial charge in [0, 0.05) is 12.6 Å². The van der Waals surface area contributed by atoms with Crippen molar-refractivity contribution < 1.29 is 14.7 Å². The molecule has 0 rings (SSSR count). The molecule has 2 N–H and O–H groups in total. The van der Waals surface area contributed by atoms with Crippen molar-refractivity contribution in [1.82, 2.24) is 10.2 Å². The first-order chi connectivity index (χ1) is 8.79. The predicted molar refractivity (Wildman–Crippen MR) is 76.0 cm³/mol. The van der Waals surface area contributed by atoms with Crippen molar-refractivity contribution in [2.24, 2.45) is 5.92 Å². The number of aliphatic carboxylic acids is 1. The molecule has 0 aromatic rings. The molecule has 0 radical (unpaired) electrons. The topological polar surface area (TPSA) is 69.6 Å². The minimum absolute atomic E-state index is 0.0712. The van der Waals surface area contributed by atoms with E-state index < -0.39 is 12.0 Å². The second-order valence-corrected chi connectivity index (χ2v) is 5.47. The number of nitrogens with zero attached hydrogens (tertiary/aromatic N) is 1. The van der Waals surface area contributed by atoms with E-state index in [-0.39, 0.29) is 18.5 Å². The Morgan fingerprint density at radius 1 is 1.21 bits per heavy atom. The van der Waals surface area contributed by atoms with Gasteiger partial charge in [0.25, 0.3) is 0 Å². The lowest BCUT2D eigenvalue weighted by atomic mass is 10.1. The highest BCUT2D eigenvalue weighted by molar-refractivity contribution is 5.82. The number of hydrogen-bond acceptors (Lipinski definition) is 3. The summed E-state index contributed by atoms with van der Waals surface area (Å²) >= 11 is 0. The summed E-state index contributed by atoms with van der Waals surface area (Å²) in [6.07, 6.45) is 1.75. The molecular formula is C14H28N2O3. The lowest BCUT2D eigenvalue weighted by molar-refractivity contribution is -0.140. The number of carbonyl (C=O) groups is 2. The van der Waals surface area contributed by atoms with Crippen LogP contribution < -0.4 is 5.32 Å². The lowest BCUT2D eigenvalue weighted by Crippen LogP contribution is -2.50. The molecule has 1 amide bonds. The van der Waals surface area contributed by atoms with Gasteiger partial charge in [0.05, 0.1) is 12.6 Å². The Morgan fingerprint density at radius 2 is 1.79 bits per heavy atom. The van der Waals surface area contributed by atoms with Gasteiger partial charge in [0.1, 0.15) is 0 Å². The van der Waals surface area contributed by atoms with Crippen LogP contribution in [0.15, 0.2) is 0 Å². The molecule has 0 bridgehead atoms. The molecule has 0 aromatic carbocycles. The van der Waals surface area contributed by atoms with E-state index in [0.29, 0.717) is 12.5 Å². The molecule has 5 nitrogen and oxygen atoms in total. The summed E-state index contributed by atoms with van der Waals surface area (Å²) in [5, 5.41) is 11.8. The van der Waals surface area contributed by atoms with Crippen LogP contribution >= 0.6 is 0 Å². The van der Waals surface area contributed by atoms with Gasteiger partial charge in [-0.3, -0.25) is 14.5 Å². The molecule has 19 heavy (non-hydrogen) atoms. The van der Waals surface area contributed by atoms with Gasteiger partial charge in [0.2, 0.25) is 5.91 Å². The summed E-state index contributed by atoms with van der Waals surface area (Å²) < 4.78 is 0. The van der Waals surface area contributed by atoms with Crippen LogP contribution in [0.2, 0.25) is 0 Å². The van der Waals surface area contributed by atoms with Gasteiger partial charge >= 0.3 is 5.97 Å². The number of carboxylic acid groups (broad SMARTS) is 1. The Hall–Kier alpha value is -1.10. The molecule has 112 valence electrons. The predicted octanol–water partition coefficient (Wildman–Crippen LogP) is 1.72. The zero-order valence-corrected chi connectivity index (χ0v) is 12.8. The summed E-state index contributed by atoms with van der Waals surface area (Å²) in [5.74, 6) is -0.454. The van der Waals surface area contributed by atoms with E-state index in [1.165, 1.54) is 0 Å². The third-order valence-corrected chi connectivity index (χ3v) is 3.37. The fourth-order valence-electron chi connectivity index (χ4n) is 1.85. The monoisotopic (exact) mass is 272 g/mol. The summed E-state index contributed by atoms with van der Waals surface area (Å²) in [4.78, 5) is 24.6. The number of nitrogens with one attached hydrogen (secondary N) is 1. The minimum Gasteiger partial charge on any atom is -0.480 e. The smallest absolute Gasteiger partial charge is 0.317 e. The first-order valence-electron chi connectivity index (χ1n) is 7.04. The highest BCUT2D eigenvalue weighted by Gasteiger charge is 2.26. The Balaban J connectivity index is 4.47. The summed E-state index contributed by atoms with van der Waals surface area (Å²) in [6.45, 7) is 10.4. The van der Waals surface area contributed by atoms with E-state index in [0.717, 1.165) is 12.8 Å². The van der Waals surface area contributed by atoms with Gasteiger partial charge in [-0.05, 0) is 32.6 Å². The second-order valence-electron chi connectivity index (χ2n) is 5.47. The van der Waals surface area contributed by atoms with Crippen molar-refractivity contribution in [2.75, 3.05) is 13.1 Å². The molecule has 0 saturated heterocycles. The molecule has 2 atom stereocenters. The molecule has 2 unspecified atom stereocenters. The normalized spacial score (nSPS) is 14.5. The van der Waals surface area contributed by atoms with Gasteiger partial charge in [-0.2, -0.15) is 0 Å². The molecular weight excluding hydrogens is 244 g/mol. The van der Waals surface area contributed by atoms with Gasteiger partial charge in [-0.25, -0.2) is 0 Å². The van der Waals surface area contributed by atoms with E-state index in [9.17, 15) is 9.59 Å². The van der Waals surface area contributed by atoms with Crippen molar-refractivity contribution in [2.45, 2.75) is 59.5 Å². The average Bonchev–Trinajstić information content (AvgIpc) is 2.33. The van der Waals surface area contributed by atoms with Gasteiger partial charge in [-0.1, -0.05) is 20.8 Å². The Bertz CT molecular complexity index is 292. The number of amides is 1. The van der Waals surface area contributed by atoms with E-state index in [4.69, 9.17) is 5.11 Å². The van der Waals surface area contributed by atoms with E-state index in [1.807, 2.05) is 13.8 Å². The van der Waals surface area contributed by atoms with Crippen molar-refractivity contribution in [3.63, 3.8) is 0 Å². The lowest BCUT2D eigenvalue weighted by Gasteiger charge is -2.31. The maximum Gasteiger partial charge on any atom is 0.317 e. The standard InChI is InChI=1S/C14H28N2O3/c1-6-11(4)16(9-13(17)18)12(5)14(19)15-8-7-10(2)3/h10-12H,6-9H2,1-5H3,(H,15,19)(H,17,18). The SMILES string of the molecule is CCC(C)N(CC(=O)O)C(C)C(=O)NCCC(C)C. The largest absolute Gasteiger partial charge is 0.480 e. The molecule has 0 spiro atoms. The van der Waals surface area contributed by atoms with Crippen LogP contribution in [-0.2, 0) is 9.59 Å². The fraction of sp³-hybridized carbons (Fsp3) is 0.857. The molecule has 0 saturated carbocycles. The van der Waals surface area contributed by atoms with E-state index in [2.05, 4.69) is 19.2 Å². The van der Waals surface area contributed by atoms with Gasteiger partial charge in [0.15, 0.2) is 0 Å². The summed E-state index contributed by atoms with van der Waals surface area (Å²) in [6, 6.07) is -0.347. The van der Waals surface area contributed by atoms with Crippen LogP contribution in [0.1, 0.15) is 47.5 Å². The number of carboxylic acids is 1. The maximum absolute atomic E-state index is 12.0. The second kappa shape index (κ2) is 8.91. The van der Waals surface area contributed by atoms with E-state index >= 15 is 0 Å². The molecule has 0 fully saturated rings. The van der Waals surface area contributed by atoms with Crippen LogP contribution in [0.25, 0.3) is 0 Å². The minimum atomic E-state index is -0.901. The van der Waals surface area contributed by atoms with Crippen molar-refractivity contribution >= 4 is 11.9 Å². The highest BCUT2D eigenvalue weighted by Crippen LogP contribution is 2.09. The van der Waals surface area contributed by atoms with E-state index in [1.54, 1.807) is 11.8 Å². The quantitative estimate of drug-likeness (QED) is 0.670. The number of hydrogen-bond donors (Lipinski definition) is 2. The fourth-order valence-corrected chi connectivity index (χ4v) is 1.85. The van der Waals surface area contributed by atoms with Gasteiger partial charge in [-0.15, -0.1) is 0 Å². The van der Waals surface area contributed by atoms with Gasteiger partial charge < -0.3 is 10.4 Å². The zero-order chi connectivity index (χ0) is 15.0. The molecule has 0 aromatic heterocycles. The third-order valence-electron chi connectivity index (χ3n) is 3.37. The first kappa shape index (κ1) is 17.9. The Kier molecular flexibility index (Phi) is 8.39. The number of carbonyl (C=O) groups excluding carboxylic acids is 1. The molecule has 0 aliphatic rings. The number of rotatable bonds is 9. The van der Waals surface area contributed by atoms with Crippen LogP contribution in [0.3, 0.4) is 0 Å². The van der Waals surface area contributed by atoms with Crippen molar-refractivity contribution in [3.8, 4) is 0 Å². The average molecular weight is 272 g/mol. The molecule has 0 heterocycles. The van der Waals surface area contributed by atoms with Crippen molar-refractivity contribution in [1.29, 1.82) is 0 Å². The van der Waals surface area contributed by atoms with Crippen LogP contribution in [-0.4, -0.2) is 47.1 Å². The van der Waals surface area contributed by atoms with Crippen LogP contribution in [0, 0.1) is 5.92 Å². The molecule has 5 heteroatoms. The molecule has 0 aliphatic carbocycles. The Morgan fingerprint density at radius 3 is 2.21 bits per heavy atom. The third kappa shape index (κ3) is 7.15. The van der Waals surface area contributed by atoms with Crippen molar-refractivity contribution in [3.05, 3.63) is 0 Å². The van der Waals surface area contributed by atoms with Crippen LogP contribution in [0.5, 0.6) is 0 Å². The summed E-state index contributed by atoms with van der Waals surface area (Å²) in [5.41, 5.74) is 0. The maximum atomic E-state index is 12.0. The zero-order valence-electron chi connectivity index (χ0n) is 12.8. The Labute approximate surface area is 116 Å². The first-order valence-corrected chi connectivity index (χ1v) is 7.04. The molecule has 0 aliphatic heterocycles. The highest BCUT2D eigenvalue weighted by atomic mass is 16.4. The van der Waals surface area contributed by atoms with Crippen LogP contribution in [0.4, 0.5) is 0 Å².